The molecule has 0 bridgehead atoms. The molecule has 5 heteroatoms. The van der Waals surface area contributed by atoms with Crippen LogP contribution in [0.3, 0.4) is 0 Å². The summed E-state index contributed by atoms with van der Waals surface area (Å²) in [5.74, 6) is -0.339. The summed E-state index contributed by atoms with van der Waals surface area (Å²) in [6, 6.07) is 6.31. The summed E-state index contributed by atoms with van der Waals surface area (Å²) in [7, 11) is 0. The maximum atomic E-state index is 13.9. The van der Waals surface area contributed by atoms with E-state index in [4.69, 9.17) is 0 Å². The van der Waals surface area contributed by atoms with Gasteiger partial charge in [0.05, 0.1) is 11.7 Å². The Kier molecular flexibility index (Phi) is 4.69. The first kappa shape index (κ1) is 16.4. The van der Waals surface area contributed by atoms with Crippen LogP contribution in [0.25, 0.3) is 0 Å². The zero-order valence-corrected chi connectivity index (χ0v) is 13.7. The van der Waals surface area contributed by atoms with Gasteiger partial charge in [0.1, 0.15) is 5.82 Å². The van der Waals surface area contributed by atoms with Crippen molar-refractivity contribution < 1.29 is 14.3 Å². The average molecular weight is 320 g/mol. The van der Waals surface area contributed by atoms with Crippen LogP contribution in [-0.4, -0.2) is 48.2 Å². The Hall–Kier alpha value is -1.46. The third-order valence-corrected chi connectivity index (χ3v) is 5.71. The van der Waals surface area contributed by atoms with Gasteiger partial charge in [-0.1, -0.05) is 19.1 Å². The van der Waals surface area contributed by atoms with Crippen molar-refractivity contribution in [2.45, 2.75) is 38.6 Å². The number of aliphatic hydroxyl groups is 1. The number of halogens is 1. The quantitative estimate of drug-likeness (QED) is 0.926. The van der Waals surface area contributed by atoms with E-state index in [0.717, 1.165) is 38.8 Å². The number of rotatable bonds is 4. The smallest absolute Gasteiger partial charge is 0.244 e. The van der Waals surface area contributed by atoms with E-state index >= 15 is 0 Å². The second-order valence-corrected chi connectivity index (χ2v) is 6.79. The summed E-state index contributed by atoms with van der Waals surface area (Å²) in [6.07, 6.45) is 3.55. The van der Waals surface area contributed by atoms with Crippen molar-refractivity contribution in [2.75, 3.05) is 31.1 Å². The van der Waals surface area contributed by atoms with Crippen molar-refractivity contribution in [2.24, 2.45) is 5.41 Å². The first-order valence-corrected chi connectivity index (χ1v) is 8.51. The molecule has 2 heterocycles. The van der Waals surface area contributed by atoms with Gasteiger partial charge in [-0.15, -0.1) is 0 Å². The van der Waals surface area contributed by atoms with Crippen molar-refractivity contribution in [1.29, 1.82) is 0 Å². The lowest BCUT2D eigenvalue weighted by atomic mass is 9.76. The van der Waals surface area contributed by atoms with Crippen LogP contribution in [0.4, 0.5) is 10.1 Å². The molecule has 2 saturated heterocycles. The number of hydrogen-bond donors (Lipinski definition) is 1. The van der Waals surface area contributed by atoms with Crippen molar-refractivity contribution in [1.82, 2.24) is 4.90 Å². The second kappa shape index (κ2) is 6.57. The van der Waals surface area contributed by atoms with Gasteiger partial charge in [-0.2, -0.15) is 0 Å². The standard InChI is InChI=1S/C18H25FN2O2/c1-2-18(13-22)8-11-20(12-9-18)16-7-10-21(17(16)23)15-6-4-3-5-14(15)19/h3-6,16,22H,2,7-13H2,1H3. The zero-order valence-electron chi connectivity index (χ0n) is 13.7. The molecule has 2 aliphatic heterocycles. The third kappa shape index (κ3) is 3.00. The normalized spacial score (nSPS) is 25.1. The highest BCUT2D eigenvalue weighted by atomic mass is 19.1. The number of likely N-dealkylation sites (tertiary alicyclic amines) is 1. The zero-order chi connectivity index (χ0) is 16.4. The Labute approximate surface area is 136 Å². The van der Waals surface area contributed by atoms with Gasteiger partial charge in [0.2, 0.25) is 5.91 Å². The first-order valence-electron chi connectivity index (χ1n) is 8.51. The number of aliphatic hydroxyl groups excluding tert-OH is 1. The predicted octanol–water partition coefficient (Wildman–Crippen LogP) is 2.42. The van der Waals surface area contributed by atoms with Crippen molar-refractivity contribution in [3.05, 3.63) is 30.1 Å². The average Bonchev–Trinajstić information content (AvgIpc) is 2.97. The number of carbonyl (C=O) groups excluding carboxylic acids is 1. The number of nitrogens with zero attached hydrogens (tertiary/aromatic N) is 2. The Morgan fingerprint density at radius 1 is 1.26 bits per heavy atom. The van der Waals surface area contributed by atoms with Crippen LogP contribution in [-0.2, 0) is 4.79 Å². The van der Waals surface area contributed by atoms with E-state index in [1.165, 1.54) is 6.07 Å². The lowest BCUT2D eigenvalue weighted by Crippen LogP contribution is -2.49. The van der Waals surface area contributed by atoms with E-state index in [-0.39, 0.29) is 29.8 Å². The monoisotopic (exact) mass is 320 g/mol. The first-order chi connectivity index (χ1) is 11.1. The summed E-state index contributed by atoms with van der Waals surface area (Å²) >= 11 is 0. The summed E-state index contributed by atoms with van der Waals surface area (Å²) < 4.78 is 13.9. The molecule has 0 aliphatic carbocycles. The molecule has 0 saturated carbocycles. The second-order valence-electron chi connectivity index (χ2n) is 6.79. The Bertz CT molecular complexity index is 564. The molecule has 0 spiro atoms. The lowest BCUT2D eigenvalue weighted by molar-refractivity contribution is -0.122. The third-order valence-electron chi connectivity index (χ3n) is 5.71. The van der Waals surface area contributed by atoms with Gasteiger partial charge in [-0.25, -0.2) is 4.39 Å². The fraction of sp³-hybridized carbons (Fsp3) is 0.611. The van der Waals surface area contributed by atoms with Gasteiger partial charge in [0, 0.05) is 13.2 Å². The van der Waals surface area contributed by atoms with Crippen LogP contribution in [0.2, 0.25) is 0 Å². The van der Waals surface area contributed by atoms with Gasteiger partial charge in [0.25, 0.3) is 0 Å². The fourth-order valence-corrected chi connectivity index (χ4v) is 3.85. The number of anilines is 1. The van der Waals surface area contributed by atoms with E-state index in [1.54, 1.807) is 23.1 Å². The maximum absolute atomic E-state index is 13.9. The maximum Gasteiger partial charge on any atom is 0.244 e. The molecule has 0 aromatic heterocycles. The number of benzene rings is 1. The molecule has 3 rings (SSSR count). The molecule has 1 aromatic rings. The number of amides is 1. The highest BCUT2D eigenvalue weighted by molar-refractivity contribution is 5.99. The largest absolute Gasteiger partial charge is 0.396 e. The highest BCUT2D eigenvalue weighted by Crippen LogP contribution is 2.36. The van der Waals surface area contributed by atoms with E-state index in [9.17, 15) is 14.3 Å². The topological polar surface area (TPSA) is 43.8 Å². The minimum atomic E-state index is -0.342. The number of hydrogen-bond acceptors (Lipinski definition) is 3. The lowest BCUT2D eigenvalue weighted by Gasteiger charge is -2.42. The number of piperidine rings is 1. The van der Waals surface area contributed by atoms with Crippen LogP contribution in [0.5, 0.6) is 0 Å². The van der Waals surface area contributed by atoms with Gasteiger partial charge >= 0.3 is 0 Å². The van der Waals surface area contributed by atoms with E-state index in [0.29, 0.717) is 12.2 Å². The summed E-state index contributed by atoms with van der Waals surface area (Å²) in [5, 5.41) is 9.63. The SMILES string of the molecule is CCC1(CO)CCN(C2CCN(c3ccccc3F)C2=O)CC1. The van der Waals surface area contributed by atoms with Crippen LogP contribution in [0.15, 0.2) is 24.3 Å². The molecule has 4 nitrogen and oxygen atoms in total. The summed E-state index contributed by atoms with van der Waals surface area (Å²) in [4.78, 5) is 16.5. The Morgan fingerprint density at radius 3 is 2.57 bits per heavy atom. The van der Waals surface area contributed by atoms with Gasteiger partial charge in [-0.3, -0.25) is 9.69 Å². The molecule has 1 unspecified atom stereocenters. The Morgan fingerprint density at radius 2 is 1.96 bits per heavy atom. The molecular formula is C18H25FN2O2. The fourth-order valence-electron chi connectivity index (χ4n) is 3.85. The molecular weight excluding hydrogens is 295 g/mol. The number of para-hydroxylation sites is 1. The highest BCUT2D eigenvalue weighted by Gasteiger charge is 2.41. The van der Waals surface area contributed by atoms with Crippen LogP contribution < -0.4 is 4.90 Å². The number of carbonyl (C=O) groups is 1. The molecule has 1 aromatic carbocycles. The van der Waals surface area contributed by atoms with Crippen LogP contribution in [0, 0.1) is 11.2 Å². The Balaban J connectivity index is 1.68. The molecule has 23 heavy (non-hydrogen) atoms. The molecule has 1 atom stereocenters. The van der Waals surface area contributed by atoms with Crippen molar-refractivity contribution >= 4 is 11.6 Å². The van der Waals surface area contributed by atoms with Gasteiger partial charge in [0.15, 0.2) is 0 Å². The summed E-state index contributed by atoms with van der Waals surface area (Å²) in [5.41, 5.74) is 0.402. The molecule has 1 N–H and O–H groups in total. The van der Waals surface area contributed by atoms with Gasteiger partial charge in [-0.05, 0) is 56.3 Å². The van der Waals surface area contributed by atoms with Crippen molar-refractivity contribution in [3.63, 3.8) is 0 Å². The van der Waals surface area contributed by atoms with E-state index in [2.05, 4.69) is 11.8 Å². The molecule has 126 valence electrons. The van der Waals surface area contributed by atoms with Crippen LogP contribution >= 0.6 is 0 Å². The summed E-state index contributed by atoms with van der Waals surface area (Å²) in [6.45, 7) is 4.56. The molecule has 1 amide bonds. The van der Waals surface area contributed by atoms with Gasteiger partial charge < -0.3 is 10.0 Å². The minimum absolute atomic E-state index is 0.00287. The molecule has 2 fully saturated rings. The van der Waals surface area contributed by atoms with E-state index in [1.807, 2.05) is 0 Å². The predicted molar refractivity (Wildman–Crippen MR) is 87.8 cm³/mol. The van der Waals surface area contributed by atoms with Crippen molar-refractivity contribution in [3.8, 4) is 0 Å². The van der Waals surface area contributed by atoms with Crippen LogP contribution in [0.1, 0.15) is 32.6 Å². The van der Waals surface area contributed by atoms with E-state index < -0.39 is 0 Å². The molecule has 2 aliphatic rings. The minimum Gasteiger partial charge on any atom is -0.396 e. The molecule has 0 radical (unpaired) electrons.